The molecule has 0 N–H and O–H groups in total. The molecule has 3 rings (SSSR count). The van der Waals surface area contributed by atoms with Crippen molar-refractivity contribution < 1.29 is 9.53 Å². The molecular formula is C17H13Cl2NO2. The van der Waals surface area contributed by atoms with Crippen molar-refractivity contribution in [2.75, 3.05) is 0 Å². The van der Waals surface area contributed by atoms with E-state index in [1.165, 1.54) is 0 Å². The largest absolute Gasteiger partial charge is 0.489 e. The molecule has 0 aliphatic heterocycles. The quantitative estimate of drug-likeness (QED) is 0.654. The van der Waals surface area contributed by atoms with Gasteiger partial charge in [0.15, 0.2) is 0 Å². The van der Waals surface area contributed by atoms with Crippen LogP contribution in [0.5, 0.6) is 5.75 Å². The third kappa shape index (κ3) is 3.56. The number of nitrogens with zero attached hydrogens (tertiary/aromatic N) is 1. The molecule has 0 amide bonds. The molecule has 0 fully saturated rings. The van der Waals surface area contributed by atoms with Crippen molar-refractivity contribution in [2.24, 2.45) is 0 Å². The van der Waals surface area contributed by atoms with E-state index in [4.69, 9.17) is 16.3 Å². The van der Waals surface area contributed by atoms with Gasteiger partial charge in [0.05, 0.1) is 5.52 Å². The number of carbonyl (C=O) groups excluding carboxylic acids is 1. The Labute approximate surface area is 139 Å². The van der Waals surface area contributed by atoms with Gasteiger partial charge in [0.1, 0.15) is 12.4 Å². The molecular weight excluding hydrogens is 321 g/mol. The first kappa shape index (κ1) is 16.3. The lowest BCUT2D eigenvalue weighted by atomic mass is 10.1. The highest BCUT2D eigenvalue weighted by Crippen LogP contribution is 2.20. The van der Waals surface area contributed by atoms with Gasteiger partial charge >= 0.3 is 0 Å². The number of pyridine rings is 1. The van der Waals surface area contributed by atoms with Crippen molar-refractivity contribution in [3.63, 3.8) is 0 Å². The van der Waals surface area contributed by atoms with Crippen LogP contribution in [0.1, 0.15) is 15.9 Å². The summed E-state index contributed by atoms with van der Waals surface area (Å²) >= 11 is 5.47. The number of carbonyl (C=O) groups is 1. The molecule has 1 aromatic heterocycles. The first-order valence-corrected chi connectivity index (χ1v) is 6.87. The maximum absolute atomic E-state index is 11.1. The average molecular weight is 334 g/mol. The summed E-state index contributed by atoms with van der Waals surface area (Å²) in [4.78, 5) is 15.5. The van der Waals surface area contributed by atoms with Crippen LogP contribution in [-0.2, 0) is 6.61 Å². The Balaban J connectivity index is 0.00000176. The Morgan fingerprint density at radius 3 is 2.73 bits per heavy atom. The van der Waals surface area contributed by atoms with Crippen molar-refractivity contribution in [3.8, 4) is 5.75 Å². The Kier molecular flexibility index (Phi) is 5.36. The summed E-state index contributed by atoms with van der Waals surface area (Å²) in [7, 11) is 0. The van der Waals surface area contributed by atoms with E-state index in [0.29, 0.717) is 17.9 Å². The molecule has 0 spiro atoms. The molecule has 0 atom stereocenters. The maximum atomic E-state index is 11.1. The van der Waals surface area contributed by atoms with Crippen molar-refractivity contribution in [2.45, 2.75) is 6.61 Å². The van der Waals surface area contributed by atoms with Gasteiger partial charge in [-0.05, 0) is 41.9 Å². The summed E-state index contributed by atoms with van der Waals surface area (Å²) in [6.07, 6.45) is 1.76. The van der Waals surface area contributed by atoms with Crippen LogP contribution >= 0.6 is 24.0 Å². The van der Waals surface area contributed by atoms with Gasteiger partial charge in [-0.1, -0.05) is 24.3 Å². The molecule has 0 bridgehead atoms. The fourth-order valence-corrected chi connectivity index (χ4v) is 2.27. The summed E-state index contributed by atoms with van der Waals surface area (Å²) in [5.74, 6) is 0.613. The van der Waals surface area contributed by atoms with Crippen LogP contribution in [0, 0.1) is 0 Å². The van der Waals surface area contributed by atoms with Crippen LogP contribution in [0.3, 0.4) is 0 Å². The van der Waals surface area contributed by atoms with Gasteiger partial charge < -0.3 is 4.74 Å². The van der Waals surface area contributed by atoms with Gasteiger partial charge in [0.25, 0.3) is 5.24 Å². The van der Waals surface area contributed by atoms with E-state index in [0.717, 1.165) is 16.5 Å². The van der Waals surface area contributed by atoms with Gasteiger partial charge in [-0.3, -0.25) is 9.78 Å². The molecule has 0 unspecified atom stereocenters. The molecule has 0 saturated heterocycles. The number of halogens is 2. The Morgan fingerprint density at radius 1 is 1.09 bits per heavy atom. The highest BCUT2D eigenvalue weighted by molar-refractivity contribution is 6.67. The van der Waals surface area contributed by atoms with Gasteiger partial charge in [0, 0.05) is 22.7 Å². The zero-order chi connectivity index (χ0) is 14.7. The minimum absolute atomic E-state index is 0. The molecule has 0 radical (unpaired) electrons. The lowest BCUT2D eigenvalue weighted by Gasteiger charge is -2.09. The number of para-hydroxylation sites is 1. The fourth-order valence-electron chi connectivity index (χ4n) is 2.15. The van der Waals surface area contributed by atoms with Crippen LogP contribution in [-0.4, -0.2) is 10.2 Å². The van der Waals surface area contributed by atoms with E-state index in [2.05, 4.69) is 4.98 Å². The summed E-state index contributed by atoms with van der Waals surface area (Å²) < 4.78 is 5.75. The van der Waals surface area contributed by atoms with E-state index in [9.17, 15) is 4.79 Å². The van der Waals surface area contributed by atoms with Gasteiger partial charge in [-0.25, -0.2) is 0 Å². The number of fused-ring (bicyclic) bond motifs is 1. The number of hydrogen-bond acceptors (Lipinski definition) is 3. The SMILES string of the molecule is Cl.O=C(Cl)c1cccc(OCc2ccnc3ccccc23)c1. The summed E-state index contributed by atoms with van der Waals surface area (Å²) in [6.45, 7) is 0.406. The summed E-state index contributed by atoms with van der Waals surface area (Å²) in [5.41, 5.74) is 2.40. The van der Waals surface area contributed by atoms with Crippen molar-refractivity contribution in [3.05, 3.63) is 71.9 Å². The van der Waals surface area contributed by atoms with Crippen LogP contribution < -0.4 is 4.74 Å². The molecule has 3 nitrogen and oxygen atoms in total. The molecule has 2 aromatic carbocycles. The second kappa shape index (κ2) is 7.25. The minimum Gasteiger partial charge on any atom is -0.489 e. The standard InChI is InChI=1S/C17H12ClNO2.ClH/c18-17(20)12-4-3-5-14(10-12)21-11-13-8-9-19-16-7-2-1-6-15(13)16;/h1-10H,11H2;1H. The van der Waals surface area contributed by atoms with Crippen molar-refractivity contribution >= 4 is 40.2 Å². The number of ether oxygens (including phenoxy) is 1. The highest BCUT2D eigenvalue weighted by atomic mass is 35.5. The molecule has 3 aromatic rings. The molecule has 0 aliphatic rings. The fraction of sp³-hybridized carbons (Fsp3) is 0.0588. The topological polar surface area (TPSA) is 39.2 Å². The number of aromatic nitrogens is 1. The second-order valence-corrected chi connectivity index (χ2v) is 4.92. The Hall–Kier alpha value is -2.10. The van der Waals surface area contributed by atoms with E-state index < -0.39 is 5.24 Å². The molecule has 0 aliphatic carbocycles. The van der Waals surface area contributed by atoms with Crippen LogP contribution in [0.15, 0.2) is 60.8 Å². The maximum Gasteiger partial charge on any atom is 0.252 e. The molecule has 112 valence electrons. The lowest BCUT2D eigenvalue weighted by molar-refractivity contribution is 0.108. The average Bonchev–Trinajstić information content (AvgIpc) is 2.53. The zero-order valence-electron chi connectivity index (χ0n) is 11.5. The lowest BCUT2D eigenvalue weighted by Crippen LogP contribution is -1.98. The molecule has 5 heteroatoms. The monoisotopic (exact) mass is 333 g/mol. The third-order valence-electron chi connectivity index (χ3n) is 3.19. The van der Waals surface area contributed by atoms with E-state index in [1.54, 1.807) is 30.5 Å². The van der Waals surface area contributed by atoms with Crippen LogP contribution in [0.2, 0.25) is 0 Å². The van der Waals surface area contributed by atoms with Crippen LogP contribution in [0.4, 0.5) is 0 Å². The molecule has 1 heterocycles. The minimum atomic E-state index is -0.491. The highest BCUT2D eigenvalue weighted by Gasteiger charge is 2.05. The predicted molar refractivity (Wildman–Crippen MR) is 89.9 cm³/mol. The first-order chi connectivity index (χ1) is 10.2. The Bertz CT molecular complexity index is 800. The van der Waals surface area contributed by atoms with Crippen molar-refractivity contribution in [1.29, 1.82) is 0 Å². The van der Waals surface area contributed by atoms with Gasteiger partial charge in [0.2, 0.25) is 0 Å². The number of benzene rings is 2. The molecule has 0 saturated carbocycles. The number of hydrogen-bond donors (Lipinski definition) is 0. The summed E-state index contributed by atoms with van der Waals surface area (Å²) in [6, 6.07) is 16.7. The van der Waals surface area contributed by atoms with E-state index in [-0.39, 0.29) is 12.4 Å². The van der Waals surface area contributed by atoms with E-state index in [1.807, 2.05) is 30.3 Å². The second-order valence-electron chi connectivity index (χ2n) is 4.58. The predicted octanol–water partition coefficient (Wildman–Crippen LogP) is 4.61. The molecule has 22 heavy (non-hydrogen) atoms. The van der Waals surface area contributed by atoms with Gasteiger partial charge in [-0.15, -0.1) is 12.4 Å². The Morgan fingerprint density at radius 2 is 1.91 bits per heavy atom. The number of rotatable bonds is 4. The van der Waals surface area contributed by atoms with E-state index >= 15 is 0 Å². The third-order valence-corrected chi connectivity index (χ3v) is 3.41. The zero-order valence-corrected chi connectivity index (χ0v) is 13.1. The first-order valence-electron chi connectivity index (χ1n) is 6.49. The van der Waals surface area contributed by atoms with Crippen LogP contribution in [0.25, 0.3) is 10.9 Å². The normalized spacial score (nSPS) is 10.0. The smallest absolute Gasteiger partial charge is 0.252 e. The summed E-state index contributed by atoms with van der Waals surface area (Å²) in [5, 5.41) is 0.569. The van der Waals surface area contributed by atoms with Gasteiger partial charge in [-0.2, -0.15) is 0 Å². The van der Waals surface area contributed by atoms with Crippen molar-refractivity contribution in [1.82, 2.24) is 4.98 Å².